The third-order valence-electron chi connectivity index (χ3n) is 15.9. The van der Waals surface area contributed by atoms with E-state index >= 15 is 0 Å². The lowest BCUT2D eigenvalue weighted by Gasteiger charge is -2.36. The topological polar surface area (TPSA) is 397 Å². The molecule has 7 rings (SSSR count). The molecule has 8 amide bonds. The van der Waals surface area contributed by atoms with Crippen LogP contribution in [0.25, 0.3) is 10.9 Å². The number of nitrogens with two attached hydrogens (primary N) is 5. The average molecular weight is 1100 g/mol. The fourth-order valence-electron chi connectivity index (χ4n) is 11.9. The van der Waals surface area contributed by atoms with Crippen molar-refractivity contribution in [3.8, 4) is 0 Å². The van der Waals surface area contributed by atoms with Crippen molar-refractivity contribution in [1.29, 1.82) is 0 Å². The highest BCUT2D eigenvalue weighted by atomic mass is 16.4. The number of likely N-dealkylation sites (tertiary alicyclic amines) is 5. The standard InChI is InChI=1S/C53H80N16O10/c1-30(2)42(50(77)66-24-8-17-38(66)45(72)63-36(51(78)79)15-6-22-60-53(57)58)64-43(70)35(14-5-21-59-52(55)56)62-44(71)37-16-7-23-65(37)47(74)40-19-10-26-68(40)49(76)41-20-11-27-69(41)48(75)39-18-9-25-67(39)46(73)33(54)28-31-29-61-34-13-4-3-12-32(31)34/h3-4,12-13,29-30,33,35-42,61H,5-11,14-28,54H2,1-2H3,(H,62,71)(H,63,72)(H,64,70)(H,78,79)(H4,55,56,59)(H4,57,58,60)/t33-,35-,36-,37-,38-,39-,40-,41-,42-/m0/s1. The Balaban J connectivity index is 0.984. The number of benzene rings is 1. The molecule has 5 aliphatic rings. The molecular formula is C53H80N16O10. The van der Waals surface area contributed by atoms with Crippen LogP contribution in [0, 0.1) is 5.92 Å². The molecule has 6 heterocycles. The first-order chi connectivity index (χ1) is 37.8. The summed E-state index contributed by atoms with van der Waals surface area (Å²) in [6, 6.07) is -1.31. The second kappa shape index (κ2) is 26.9. The van der Waals surface area contributed by atoms with Crippen molar-refractivity contribution in [3.63, 3.8) is 0 Å². The molecule has 0 unspecified atom stereocenters. The molecule has 0 spiro atoms. The molecule has 15 N–H and O–H groups in total. The molecule has 26 nitrogen and oxygen atoms in total. The molecule has 0 radical (unpaired) electrons. The fourth-order valence-corrected chi connectivity index (χ4v) is 11.9. The molecule has 26 heteroatoms. The smallest absolute Gasteiger partial charge is 0.326 e. The number of carbonyl (C=O) groups excluding carboxylic acids is 8. The Morgan fingerprint density at radius 3 is 1.54 bits per heavy atom. The summed E-state index contributed by atoms with van der Waals surface area (Å²) in [7, 11) is 0. The van der Waals surface area contributed by atoms with Gasteiger partial charge in [0, 0.05) is 62.9 Å². The fraction of sp³-hybridized carbons (Fsp3) is 0.642. The van der Waals surface area contributed by atoms with Crippen LogP contribution in [0.2, 0.25) is 0 Å². The van der Waals surface area contributed by atoms with Crippen LogP contribution in [-0.4, -0.2) is 200 Å². The lowest BCUT2D eigenvalue weighted by Crippen LogP contribution is -2.60. The van der Waals surface area contributed by atoms with Gasteiger partial charge in [0.2, 0.25) is 47.3 Å². The Morgan fingerprint density at radius 1 is 0.608 bits per heavy atom. The SMILES string of the molecule is CC(C)[C@H](NC(=O)[C@H](CCCN=C(N)N)NC(=O)[C@@H]1CCCN1C(=O)[C@@H]1CCCN1C(=O)[C@@H]1CCCN1C(=O)[C@@H]1CCCN1C(=O)[C@@H](N)Cc1c[nH]c2ccccc12)C(=O)N1CCC[C@H]1C(=O)N[C@@H](CCCN=C(N)N)C(=O)O. The minimum atomic E-state index is -1.27. The van der Waals surface area contributed by atoms with Gasteiger partial charge in [-0.1, -0.05) is 32.0 Å². The monoisotopic (exact) mass is 1100 g/mol. The van der Waals surface area contributed by atoms with Crippen LogP contribution in [0.4, 0.5) is 0 Å². The van der Waals surface area contributed by atoms with E-state index in [1.54, 1.807) is 23.6 Å². The minimum absolute atomic E-state index is 0.0325. The number of fused-ring (bicyclic) bond motifs is 1. The van der Waals surface area contributed by atoms with E-state index in [9.17, 15) is 48.3 Å². The number of aromatic nitrogens is 1. The summed E-state index contributed by atoms with van der Waals surface area (Å²) < 4.78 is 0. The first-order valence-corrected chi connectivity index (χ1v) is 27.8. The van der Waals surface area contributed by atoms with E-state index in [-0.39, 0.29) is 107 Å². The number of aliphatic imine (C=N–C) groups is 2. The number of carboxylic acids is 1. The molecule has 5 aliphatic heterocycles. The van der Waals surface area contributed by atoms with Crippen molar-refractivity contribution >= 4 is 76.0 Å². The number of H-pyrrole nitrogens is 1. The maximum atomic E-state index is 14.6. The summed E-state index contributed by atoms with van der Waals surface area (Å²) in [4.78, 5) is 145. The Kier molecular flexibility index (Phi) is 20.1. The number of nitrogens with one attached hydrogen (secondary N) is 4. The van der Waals surface area contributed by atoms with E-state index in [0.717, 1.165) is 16.5 Å². The maximum absolute atomic E-state index is 14.6. The molecule has 2 aromatic rings. The molecule has 0 saturated carbocycles. The first-order valence-electron chi connectivity index (χ1n) is 27.8. The quantitative estimate of drug-likeness (QED) is 0.0337. The van der Waals surface area contributed by atoms with E-state index in [4.69, 9.17) is 28.7 Å². The first kappa shape index (κ1) is 59.2. The maximum Gasteiger partial charge on any atom is 0.326 e. The second-order valence-corrected chi connectivity index (χ2v) is 21.7. The Bertz CT molecular complexity index is 2630. The number of hydrogen-bond donors (Lipinski definition) is 10. The molecule has 1 aromatic carbocycles. The number of rotatable bonds is 23. The van der Waals surface area contributed by atoms with E-state index in [1.165, 1.54) is 14.7 Å². The second-order valence-electron chi connectivity index (χ2n) is 21.7. The van der Waals surface area contributed by atoms with Gasteiger partial charge in [0.1, 0.15) is 48.3 Å². The van der Waals surface area contributed by atoms with E-state index in [0.29, 0.717) is 64.5 Å². The number of amides is 8. The lowest BCUT2D eigenvalue weighted by molar-refractivity contribution is -0.152. The van der Waals surface area contributed by atoms with Gasteiger partial charge in [0.15, 0.2) is 11.9 Å². The van der Waals surface area contributed by atoms with Crippen LogP contribution < -0.4 is 44.6 Å². The van der Waals surface area contributed by atoms with E-state index < -0.39 is 95.8 Å². The number of aromatic amines is 1. The summed E-state index contributed by atoms with van der Waals surface area (Å²) in [6.45, 7) is 5.06. The van der Waals surface area contributed by atoms with Gasteiger partial charge in [0.25, 0.3) is 0 Å². The summed E-state index contributed by atoms with van der Waals surface area (Å²) in [5.74, 6) is -6.03. The molecule has 9 atom stereocenters. The normalized spacial score (nSPS) is 22.6. The number of carbonyl (C=O) groups is 9. The predicted octanol–water partition coefficient (Wildman–Crippen LogP) is -1.71. The van der Waals surface area contributed by atoms with Crippen LogP contribution in [-0.2, 0) is 49.6 Å². The van der Waals surface area contributed by atoms with Gasteiger partial charge in [-0.05, 0) is 114 Å². The Hall–Kier alpha value is -7.51. The van der Waals surface area contributed by atoms with Crippen LogP contribution in [0.15, 0.2) is 40.4 Å². The molecule has 432 valence electrons. The number of carboxylic acid groups (broad SMARTS) is 1. The van der Waals surface area contributed by atoms with E-state index in [1.807, 2.05) is 30.5 Å². The van der Waals surface area contributed by atoms with Crippen molar-refractivity contribution in [2.24, 2.45) is 44.6 Å². The van der Waals surface area contributed by atoms with Crippen molar-refractivity contribution in [1.82, 2.24) is 45.4 Å². The molecule has 5 saturated heterocycles. The summed E-state index contributed by atoms with van der Waals surface area (Å²) in [6.07, 6.45) is 7.01. The Labute approximate surface area is 459 Å². The molecule has 1 aromatic heterocycles. The van der Waals surface area contributed by atoms with Crippen LogP contribution in [0.5, 0.6) is 0 Å². The molecule has 0 aliphatic carbocycles. The zero-order valence-corrected chi connectivity index (χ0v) is 45.4. The van der Waals surface area contributed by atoms with Gasteiger partial charge >= 0.3 is 5.97 Å². The lowest BCUT2D eigenvalue weighted by atomic mass is 10.0. The number of aliphatic carboxylic acids is 1. The third kappa shape index (κ3) is 14.2. The number of hydrogen-bond acceptors (Lipinski definition) is 12. The summed E-state index contributed by atoms with van der Waals surface area (Å²) in [5, 5.41) is 19.0. The highest BCUT2D eigenvalue weighted by molar-refractivity contribution is 5.99. The molecule has 79 heavy (non-hydrogen) atoms. The number of nitrogens with zero attached hydrogens (tertiary/aromatic N) is 7. The molecular weight excluding hydrogens is 1020 g/mol. The van der Waals surface area contributed by atoms with E-state index in [2.05, 4.69) is 30.9 Å². The highest BCUT2D eigenvalue weighted by Crippen LogP contribution is 2.31. The van der Waals surface area contributed by atoms with Crippen molar-refractivity contribution in [2.75, 3.05) is 45.8 Å². The summed E-state index contributed by atoms with van der Waals surface area (Å²) in [5.41, 5.74) is 30.2. The van der Waals surface area contributed by atoms with Crippen molar-refractivity contribution < 1.29 is 48.3 Å². The highest BCUT2D eigenvalue weighted by Gasteiger charge is 2.49. The third-order valence-corrected chi connectivity index (χ3v) is 15.9. The minimum Gasteiger partial charge on any atom is -0.480 e. The molecule has 0 bridgehead atoms. The molecule has 5 fully saturated rings. The van der Waals surface area contributed by atoms with Crippen LogP contribution in [0.1, 0.15) is 109 Å². The van der Waals surface area contributed by atoms with Gasteiger partial charge in [-0.25, -0.2) is 4.79 Å². The largest absolute Gasteiger partial charge is 0.480 e. The van der Waals surface area contributed by atoms with Crippen LogP contribution in [0.3, 0.4) is 0 Å². The van der Waals surface area contributed by atoms with Crippen LogP contribution >= 0.6 is 0 Å². The van der Waals surface area contributed by atoms with Gasteiger partial charge in [-0.15, -0.1) is 0 Å². The van der Waals surface area contributed by atoms with Gasteiger partial charge in [-0.3, -0.25) is 48.3 Å². The zero-order valence-electron chi connectivity index (χ0n) is 45.4. The zero-order chi connectivity index (χ0) is 57.1. The van der Waals surface area contributed by atoms with Gasteiger partial charge in [0.05, 0.1) is 6.04 Å². The average Bonchev–Trinajstić information content (AvgIpc) is 4.34. The Morgan fingerprint density at radius 2 is 1.04 bits per heavy atom. The van der Waals surface area contributed by atoms with Crippen molar-refractivity contribution in [2.45, 2.75) is 165 Å². The number of para-hydroxylation sites is 1. The van der Waals surface area contributed by atoms with Gasteiger partial charge < -0.3 is 79.2 Å². The van der Waals surface area contributed by atoms with Gasteiger partial charge in [-0.2, -0.15) is 0 Å². The predicted molar refractivity (Wildman–Crippen MR) is 292 cm³/mol. The summed E-state index contributed by atoms with van der Waals surface area (Å²) >= 11 is 0. The van der Waals surface area contributed by atoms with Crippen molar-refractivity contribution in [3.05, 3.63) is 36.0 Å². The number of guanidine groups is 2.